The Kier molecular flexibility index (Phi) is 7.76. The highest BCUT2D eigenvalue weighted by atomic mass is 16.5. The zero-order chi connectivity index (χ0) is 24.5. The zero-order valence-corrected chi connectivity index (χ0v) is 19.4. The van der Waals surface area contributed by atoms with Gasteiger partial charge in [0, 0.05) is 16.9 Å². The van der Waals surface area contributed by atoms with Crippen molar-refractivity contribution in [3.05, 3.63) is 120 Å². The van der Waals surface area contributed by atoms with E-state index in [-0.39, 0.29) is 24.4 Å². The summed E-state index contributed by atoms with van der Waals surface area (Å²) in [6.45, 7) is 2.01. The number of amides is 2. The van der Waals surface area contributed by atoms with Crippen LogP contribution in [0.1, 0.15) is 28.9 Å². The first kappa shape index (κ1) is 23.6. The number of carbonyl (C=O) groups excluding carboxylic acids is 2. The smallest absolute Gasteiger partial charge is 0.251 e. The number of hydrogen-bond donors (Lipinski definition) is 3. The molecule has 0 radical (unpaired) electrons. The van der Waals surface area contributed by atoms with E-state index in [0.717, 1.165) is 11.3 Å². The van der Waals surface area contributed by atoms with Crippen LogP contribution in [-0.4, -0.2) is 18.4 Å². The standard InChI is InChI=1S/C29H27N3O3/c1-21(22-9-4-2-5-10-22)31-29(34)23-11-8-12-25(19-23)30-20-28(33)32-24-15-17-27(18-16-24)35-26-13-6-3-7-14-26/h2-19,21,30H,20H2,1H3,(H,31,34)(H,32,33). The van der Waals surface area contributed by atoms with E-state index in [0.29, 0.717) is 22.7 Å². The average molecular weight is 466 g/mol. The van der Waals surface area contributed by atoms with Gasteiger partial charge in [-0.1, -0.05) is 54.6 Å². The molecule has 4 rings (SSSR count). The summed E-state index contributed by atoms with van der Waals surface area (Å²) in [4.78, 5) is 25.1. The number of rotatable bonds is 9. The van der Waals surface area contributed by atoms with Crippen LogP contribution in [0.25, 0.3) is 0 Å². The summed E-state index contributed by atoms with van der Waals surface area (Å²) in [5.41, 5.74) is 2.91. The summed E-state index contributed by atoms with van der Waals surface area (Å²) in [6.07, 6.45) is 0. The normalized spacial score (nSPS) is 11.2. The van der Waals surface area contributed by atoms with Crippen LogP contribution in [-0.2, 0) is 4.79 Å². The fourth-order valence-corrected chi connectivity index (χ4v) is 3.49. The van der Waals surface area contributed by atoms with Gasteiger partial charge in [0.15, 0.2) is 0 Å². The molecule has 1 atom stereocenters. The van der Waals surface area contributed by atoms with Gasteiger partial charge >= 0.3 is 0 Å². The van der Waals surface area contributed by atoms with Crippen molar-refractivity contribution in [3.63, 3.8) is 0 Å². The van der Waals surface area contributed by atoms with E-state index in [4.69, 9.17) is 4.74 Å². The summed E-state index contributed by atoms with van der Waals surface area (Å²) in [6, 6.07) is 33.4. The Morgan fingerprint density at radius 3 is 2.11 bits per heavy atom. The maximum atomic E-state index is 12.7. The molecule has 2 amide bonds. The number of anilines is 2. The molecule has 1 unspecified atom stereocenters. The lowest BCUT2D eigenvalue weighted by Gasteiger charge is -2.15. The highest BCUT2D eigenvalue weighted by molar-refractivity contribution is 5.96. The Labute approximate surface area is 205 Å². The summed E-state index contributed by atoms with van der Waals surface area (Å²) in [5, 5.41) is 8.92. The molecule has 0 fully saturated rings. The minimum atomic E-state index is -0.200. The summed E-state index contributed by atoms with van der Waals surface area (Å²) < 4.78 is 5.77. The van der Waals surface area contributed by atoms with E-state index in [1.807, 2.05) is 73.7 Å². The lowest BCUT2D eigenvalue weighted by atomic mass is 10.1. The average Bonchev–Trinajstić information content (AvgIpc) is 2.90. The number of ether oxygens (including phenoxy) is 1. The molecular weight excluding hydrogens is 438 g/mol. The minimum Gasteiger partial charge on any atom is -0.457 e. The fourth-order valence-electron chi connectivity index (χ4n) is 3.49. The Morgan fingerprint density at radius 1 is 0.743 bits per heavy atom. The number of hydrogen-bond acceptors (Lipinski definition) is 4. The van der Waals surface area contributed by atoms with Crippen molar-refractivity contribution in [1.82, 2.24) is 5.32 Å². The molecule has 0 aliphatic carbocycles. The molecule has 0 aliphatic rings. The molecule has 0 aromatic heterocycles. The number of carbonyl (C=O) groups is 2. The second-order valence-electron chi connectivity index (χ2n) is 8.03. The predicted octanol–water partition coefficient (Wildman–Crippen LogP) is 6.02. The van der Waals surface area contributed by atoms with E-state index in [1.165, 1.54) is 0 Å². The molecule has 6 nitrogen and oxygen atoms in total. The van der Waals surface area contributed by atoms with E-state index in [1.54, 1.807) is 42.5 Å². The molecule has 0 heterocycles. The SMILES string of the molecule is CC(NC(=O)c1cccc(NCC(=O)Nc2ccc(Oc3ccccc3)cc2)c1)c1ccccc1. The van der Waals surface area contributed by atoms with Gasteiger partial charge in [-0.15, -0.1) is 0 Å². The first-order chi connectivity index (χ1) is 17.1. The van der Waals surface area contributed by atoms with Crippen molar-refractivity contribution in [2.45, 2.75) is 13.0 Å². The molecule has 0 saturated carbocycles. The maximum absolute atomic E-state index is 12.7. The van der Waals surface area contributed by atoms with Crippen molar-refractivity contribution in [3.8, 4) is 11.5 Å². The van der Waals surface area contributed by atoms with Crippen LogP contribution in [0.15, 0.2) is 109 Å². The fraction of sp³-hybridized carbons (Fsp3) is 0.103. The van der Waals surface area contributed by atoms with Crippen LogP contribution in [0.2, 0.25) is 0 Å². The lowest BCUT2D eigenvalue weighted by molar-refractivity contribution is -0.114. The molecule has 0 saturated heterocycles. The molecular formula is C29H27N3O3. The predicted molar refractivity (Wildman–Crippen MR) is 139 cm³/mol. The lowest BCUT2D eigenvalue weighted by Crippen LogP contribution is -2.26. The summed E-state index contributed by atoms with van der Waals surface area (Å²) in [5.74, 6) is 1.06. The van der Waals surface area contributed by atoms with Gasteiger partial charge in [-0.3, -0.25) is 9.59 Å². The Hall–Kier alpha value is -4.58. The van der Waals surface area contributed by atoms with E-state index < -0.39 is 0 Å². The minimum absolute atomic E-state index is 0.0633. The Bertz CT molecular complexity index is 1260. The monoisotopic (exact) mass is 465 g/mol. The van der Waals surface area contributed by atoms with Gasteiger partial charge in [-0.2, -0.15) is 0 Å². The Morgan fingerprint density at radius 2 is 1.40 bits per heavy atom. The molecule has 6 heteroatoms. The molecule has 4 aromatic rings. The van der Waals surface area contributed by atoms with Crippen molar-refractivity contribution in [1.29, 1.82) is 0 Å². The van der Waals surface area contributed by atoms with Crippen molar-refractivity contribution in [2.24, 2.45) is 0 Å². The maximum Gasteiger partial charge on any atom is 0.251 e. The molecule has 0 spiro atoms. The molecule has 3 N–H and O–H groups in total. The van der Waals surface area contributed by atoms with Gasteiger partial charge in [0.2, 0.25) is 5.91 Å². The van der Waals surface area contributed by atoms with Gasteiger partial charge in [-0.05, 0) is 67.1 Å². The van der Waals surface area contributed by atoms with Crippen LogP contribution < -0.4 is 20.7 Å². The molecule has 0 aliphatic heterocycles. The third-order valence-corrected chi connectivity index (χ3v) is 5.34. The van der Waals surface area contributed by atoms with Gasteiger partial charge in [0.05, 0.1) is 12.6 Å². The highest BCUT2D eigenvalue weighted by Crippen LogP contribution is 2.22. The summed E-state index contributed by atoms with van der Waals surface area (Å²) in [7, 11) is 0. The van der Waals surface area contributed by atoms with Gasteiger partial charge in [0.25, 0.3) is 5.91 Å². The number of benzene rings is 4. The Balaban J connectivity index is 1.27. The third kappa shape index (κ3) is 6.95. The van der Waals surface area contributed by atoms with Crippen molar-refractivity contribution in [2.75, 3.05) is 17.2 Å². The van der Waals surface area contributed by atoms with Crippen LogP contribution in [0.5, 0.6) is 11.5 Å². The molecule has 4 aromatic carbocycles. The highest BCUT2D eigenvalue weighted by Gasteiger charge is 2.12. The van der Waals surface area contributed by atoms with Crippen LogP contribution in [0.3, 0.4) is 0 Å². The topological polar surface area (TPSA) is 79.5 Å². The van der Waals surface area contributed by atoms with E-state index in [2.05, 4.69) is 16.0 Å². The van der Waals surface area contributed by atoms with Crippen LogP contribution in [0, 0.1) is 0 Å². The number of nitrogens with one attached hydrogen (secondary N) is 3. The third-order valence-electron chi connectivity index (χ3n) is 5.34. The quantitative estimate of drug-likeness (QED) is 0.282. The second kappa shape index (κ2) is 11.5. The first-order valence-corrected chi connectivity index (χ1v) is 11.4. The molecule has 35 heavy (non-hydrogen) atoms. The van der Waals surface area contributed by atoms with E-state index in [9.17, 15) is 9.59 Å². The van der Waals surface area contributed by atoms with Crippen LogP contribution in [0.4, 0.5) is 11.4 Å². The second-order valence-corrected chi connectivity index (χ2v) is 8.03. The first-order valence-electron chi connectivity index (χ1n) is 11.4. The van der Waals surface area contributed by atoms with E-state index >= 15 is 0 Å². The largest absolute Gasteiger partial charge is 0.457 e. The zero-order valence-electron chi connectivity index (χ0n) is 19.4. The van der Waals surface area contributed by atoms with Gasteiger partial charge in [0.1, 0.15) is 11.5 Å². The molecule has 0 bridgehead atoms. The number of para-hydroxylation sites is 1. The van der Waals surface area contributed by atoms with Gasteiger partial charge in [-0.25, -0.2) is 0 Å². The molecule has 176 valence electrons. The van der Waals surface area contributed by atoms with Crippen molar-refractivity contribution < 1.29 is 14.3 Å². The van der Waals surface area contributed by atoms with Crippen LogP contribution >= 0.6 is 0 Å². The van der Waals surface area contributed by atoms with Gasteiger partial charge < -0.3 is 20.7 Å². The summed E-state index contributed by atoms with van der Waals surface area (Å²) >= 11 is 0. The van der Waals surface area contributed by atoms with Crippen molar-refractivity contribution >= 4 is 23.2 Å².